The van der Waals surface area contributed by atoms with E-state index in [-0.39, 0.29) is 16.2 Å². The summed E-state index contributed by atoms with van der Waals surface area (Å²) in [6.07, 6.45) is 1.77. The van der Waals surface area contributed by atoms with Gasteiger partial charge in [-0.25, -0.2) is 13.2 Å². The molecule has 0 unspecified atom stereocenters. The van der Waals surface area contributed by atoms with E-state index in [2.05, 4.69) is 13.8 Å². The second-order valence-corrected chi connectivity index (χ2v) is 7.35. The van der Waals surface area contributed by atoms with Crippen LogP contribution in [0.4, 0.5) is 0 Å². The third-order valence-electron chi connectivity index (χ3n) is 2.65. The fourth-order valence-corrected chi connectivity index (χ4v) is 2.40. The van der Waals surface area contributed by atoms with Crippen molar-refractivity contribution in [1.82, 2.24) is 0 Å². The number of carbonyl (C=O) groups is 1. The summed E-state index contributed by atoms with van der Waals surface area (Å²) in [5.41, 5.74) is -0.212. The molecule has 5 nitrogen and oxygen atoms in total. The van der Waals surface area contributed by atoms with E-state index in [0.29, 0.717) is 12.5 Å². The van der Waals surface area contributed by atoms with Gasteiger partial charge < -0.3 is 9.84 Å². The van der Waals surface area contributed by atoms with E-state index < -0.39 is 15.0 Å². The molecule has 0 amide bonds. The Morgan fingerprint density at radius 3 is 2.55 bits per heavy atom. The molecule has 1 rings (SSSR count). The van der Waals surface area contributed by atoms with Crippen LogP contribution in [-0.4, -0.2) is 26.1 Å². The van der Waals surface area contributed by atoms with Crippen molar-refractivity contribution in [3.05, 3.63) is 23.8 Å². The first kappa shape index (κ1) is 16.8. The van der Waals surface area contributed by atoms with Gasteiger partial charge in [0.15, 0.2) is 0 Å². The molecule has 0 saturated carbocycles. The highest BCUT2D eigenvalue weighted by molar-refractivity contribution is 8.13. The number of rotatable bonds is 7. The maximum absolute atomic E-state index is 11.2. The number of halogens is 1. The zero-order valence-electron chi connectivity index (χ0n) is 11.3. The molecule has 1 aromatic carbocycles. The van der Waals surface area contributed by atoms with E-state index in [1.807, 2.05) is 0 Å². The van der Waals surface area contributed by atoms with Gasteiger partial charge in [-0.2, -0.15) is 0 Å². The van der Waals surface area contributed by atoms with Gasteiger partial charge >= 0.3 is 5.97 Å². The fourth-order valence-electron chi connectivity index (χ4n) is 1.63. The van der Waals surface area contributed by atoms with Crippen LogP contribution in [0.2, 0.25) is 0 Å². The highest BCUT2D eigenvalue weighted by Gasteiger charge is 2.17. The van der Waals surface area contributed by atoms with Crippen molar-refractivity contribution < 1.29 is 23.1 Å². The summed E-state index contributed by atoms with van der Waals surface area (Å²) in [4.78, 5) is 10.9. The summed E-state index contributed by atoms with van der Waals surface area (Å²) in [5, 5.41) is 9.08. The van der Waals surface area contributed by atoms with Crippen LogP contribution in [0.25, 0.3) is 0 Å². The van der Waals surface area contributed by atoms with E-state index in [4.69, 9.17) is 20.5 Å². The third-order valence-corrected chi connectivity index (χ3v) is 4.00. The predicted octanol–water partition coefficient (Wildman–Crippen LogP) is 3.13. The molecule has 0 heterocycles. The summed E-state index contributed by atoms with van der Waals surface area (Å²) in [6.45, 7) is 4.55. The molecule has 0 spiro atoms. The third kappa shape index (κ3) is 5.02. The van der Waals surface area contributed by atoms with Crippen molar-refractivity contribution >= 4 is 25.7 Å². The van der Waals surface area contributed by atoms with Gasteiger partial charge in [0.2, 0.25) is 0 Å². The number of hydrogen-bond donors (Lipinski definition) is 1. The predicted molar refractivity (Wildman–Crippen MR) is 76.0 cm³/mol. The summed E-state index contributed by atoms with van der Waals surface area (Å²) in [7, 11) is 1.23. The van der Waals surface area contributed by atoms with Crippen LogP contribution in [0.15, 0.2) is 23.1 Å². The van der Waals surface area contributed by atoms with Gasteiger partial charge in [-0.05, 0) is 37.0 Å². The lowest BCUT2D eigenvalue weighted by atomic mass is 10.1. The van der Waals surface area contributed by atoms with Gasteiger partial charge in [0.1, 0.15) is 11.3 Å². The Kier molecular flexibility index (Phi) is 5.83. The molecule has 0 bridgehead atoms. The molecule has 0 radical (unpaired) electrons. The zero-order chi connectivity index (χ0) is 15.3. The number of benzene rings is 1. The number of aromatic carboxylic acids is 1. The maximum atomic E-state index is 11.2. The van der Waals surface area contributed by atoms with Crippen molar-refractivity contribution in [1.29, 1.82) is 0 Å². The van der Waals surface area contributed by atoms with Crippen LogP contribution < -0.4 is 4.74 Å². The normalized spacial score (nSPS) is 11.6. The Balaban J connectivity index is 2.89. The first-order chi connectivity index (χ1) is 9.21. The van der Waals surface area contributed by atoms with E-state index in [1.165, 1.54) is 12.1 Å². The zero-order valence-corrected chi connectivity index (χ0v) is 12.9. The summed E-state index contributed by atoms with van der Waals surface area (Å²) >= 11 is 0. The van der Waals surface area contributed by atoms with Crippen molar-refractivity contribution in [3.63, 3.8) is 0 Å². The molecular formula is C13H17ClO5S. The van der Waals surface area contributed by atoms with Gasteiger partial charge in [0, 0.05) is 10.7 Å². The summed E-state index contributed by atoms with van der Waals surface area (Å²) in [6, 6.07) is 3.54. The van der Waals surface area contributed by atoms with Crippen molar-refractivity contribution in [2.24, 2.45) is 5.92 Å². The van der Waals surface area contributed by atoms with E-state index in [0.717, 1.165) is 18.9 Å². The minimum absolute atomic E-state index is 0.144. The Labute approximate surface area is 122 Å². The molecular weight excluding hydrogens is 304 g/mol. The number of ether oxygens (including phenoxy) is 1. The number of hydrogen-bond acceptors (Lipinski definition) is 4. The first-order valence-electron chi connectivity index (χ1n) is 6.16. The molecule has 0 aliphatic carbocycles. The monoisotopic (exact) mass is 320 g/mol. The average Bonchev–Trinajstić information content (AvgIpc) is 2.33. The van der Waals surface area contributed by atoms with Crippen molar-refractivity contribution in [2.75, 3.05) is 6.61 Å². The molecule has 7 heteroatoms. The van der Waals surface area contributed by atoms with Crippen molar-refractivity contribution in [2.45, 2.75) is 31.6 Å². The highest BCUT2D eigenvalue weighted by Crippen LogP contribution is 2.25. The molecule has 1 aromatic rings. The second-order valence-electron chi connectivity index (χ2n) is 4.79. The van der Waals surface area contributed by atoms with Crippen LogP contribution in [-0.2, 0) is 9.05 Å². The smallest absolute Gasteiger partial charge is 0.339 e. The molecule has 112 valence electrons. The molecule has 0 aliphatic rings. The SMILES string of the molecule is CC(C)CCCOc1ccc(S(=O)(=O)Cl)cc1C(=O)O. The van der Waals surface area contributed by atoms with Crippen LogP contribution in [0.5, 0.6) is 5.75 Å². The summed E-state index contributed by atoms with van der Waals surface area (Å²) in [5.74, 6) is -0.572. The van der Waals surface area contributed by atoms with Crippen molar-refractivity contribution in [3.8, 4) is 5.75 Å². The molecule has 0 fully saturated rings. The highest BCUT2D eigenvalue weighted by atomic mass is 35.7. The van der Waals surface area contributed by atoms with Gasteiger partial charge in [-0.15, -0.1) is 0 Å². The van der Waals surface area contributed by atoms with Gasteiger partial charge in [-0.3, -0.25) is 0 Å². The first-order valence-corrected chi connectivity index (χ1v) is 8.47. The van der Waals surface area contributed by atoms with Gasteiger partial charge in [0.05, 0.1) is 11.5 Å². The molecule has 0 saturated heterocycles. The molecule has 0 aromatic heterocycles. The second kappa shape index (κ2) is 6.95. The molecule has 1 N–H and O–H groups in total. The fraction of sp³-hybridized carbons (Fsp3) is 0.462. The Morgan fingerprint density at radius 1 is 1.40 bits per heavy atom. The minimum Gasteiger partial charge on any atom is -0.493 e. The maximum Gasteiger partial charge on any atom is 0.339 e. The van der Waals surface area contributed by atoms with E-state index in [9.17, 15) is 13.2 Å². The van der Waals surface area contributed by atoms with Crippen LogP contribution in [0, 0.1) is 5.92 Å². The Hall–Kier alpha value is -1.27. The lowest BCUT2D eigenvalue weighted by Gasteiger charge is -2.10. The molecule has 0 aliphatic heterocycles. The Morgan fingerprint density at radius 2 is 2.05 bits per heavy atom. The number of carboxylic acids is 1. The van der Waals surface area contributed by atoms with Gasteiger partial charge in [-0.1, -0.05) is 13.8 Å². The molecule has 20 heavy (non-hydrogen) atoms. The lowest BCUT2D eigenvalue weighted by molar-refractivity contribution is 0.0691. The largest absolute Gasteiger partial charge is 0.493 e. The summed E-state index contributed by atoms with van der Waals surface area (Å²) < 4.78 is 27.8. The van der Waals surface area contributed by atoms with E-state index >= 15 is 0 Å². The van der Waals surface area contributed by atoms with Crippen LogP contribution in [0.1, 0.15) is 37.0 Å². The van der Waals surface area contributed by atoms with Crippen LogP contribution >= 0.6 is 10.7 Å². The number of carboxylic acid groups (broad SMARTS) is 1. The molecule has 0 atom stereocenters. The van der Waals surface area contributed by atoms with Crippen LogP contribution in [0.3, 0.4) is 0 Å². The standard InChI is InChI=1S/C13H17ClO5S/c1-9(2)4-3-7-19-12-6-5-10(20(14,17)18)8-11(12)13(15)16/h5-6,8-9H,3-4,7H2,1-2H3,(H,15,16). The lowest BCUT2D eigenvalue weighted by Crippen LogP contribution is -2.06. The van der Waals surface area contributed by atoms with E-state index in [1.54, 1.807) is 0 Å². The average molecular weight is 321 g/mol. The topological polar surface area (TPSA) is 80.7 Å². The van der Waals surface area contributed by atoms with Gasteiger partial charge in [0.25, 0.3) is 9.05 Å². The Bertz CT molecular complexity index is 580. The minimum atomic E-state index is -3.96. The quantitative estimate of drug-likeness (QED) is 0.616.